The van der Waals surface area contributed by atoms with Crippen LogP contribution in [-0.4, -0.2) is 10.4 Å². The summed E-state index contributed by atoms with van der Waals surface area (Å²) < 4.78 is 2.15. The van der Waals surface area contributed by atoms with Crippen LogP contribution < -0.4 is 0 Å². The Kier molecular flexibility index (Phi) is 3.41. The van der Waals surface area contributed by atoms with Gasteiger partial charge in [-0.1, -0.05) is 20.8 Å². The molecule has 1 aliphatic carbocycles. The average Bonchev–Trinajstić information content (AvgIpc) is 2.83. The van der Waals surface area contributed by atoms with Crippen LogP contribution in [-0.2, 0) is 10.3 Å². The predicted molar refractivity (Wildman–Crippen MR) is 69.9 cm³/mol. The molecule has 0 saturated heterocycles. The molecular formula is C15H23NO. The van der Waals surface area contributed by atoms with Crippen molar-refractivity contribution in [2.24, 2.45) is 11.8 Å². The molecular weight excluding hydrogens is 210 g/mol. The van der Waals surface area contributed by atoms with Crippen molar-refractivity contribution in [3.63, 3.8) is 0 Å². The third kappa shape index (κ3) is 2.18. The smallest absolute Gasteiger partial charge is 0.161 e. The summed E-state index contributed by atoms with van der Waals surface area (Å²) in [6.45, 7) is 6.33. The lowest BCUT2D eigenvalue weighted by atomic mass is 9.72. The van der Waals surface area contributed by atoms with Gasteiger partial charge >= 0.3 is 0 Å². The molecule has 0 atom stereocenters. The molecule has 1 saturated carbocycles. The second-order valence-electron chi connectivity index (χ2n) is 5.82. The maximum absolute atomic E-state index is 12.6. The molecule has 0 amide bonds. The quantitative estimate of drug-likeness (QED) is 0.781. The normalized spacial score (nSPS) is 29.5. The molecule has 2 rings (SSSR count). The van der Waals surface area contributed by atoms with E-state index in [1.807, 2.05) is 26.0 Å². The summed E-state index contributed by atoms with van der Waals surface area (Å²) in [5, 5.41) is 0. The van der Waals surface area contributed by atoms with Crippen molar-refractivity contribution in [1.29, 1.82) is 0 Å². The third-order valence-electron chi connectivity index (χ3n) is 4.18. The van der Waals surface area contributed by atoms with Crippen LogP contribution >= 0.6 is 0 Å². The van der Waals surface area contributed by atoms with Gasteiger partial charge in [-0.25, -0.2) is 0 Å². The van der Waals surface area contributed by atoms with E-state index in [1.165, 1.54) is 0 Å². The Bertz CT molecular complexity index is 370. The number of hydrogen-bond acceptors (Lipinski definition) is 1. The lowest BCUT2D eigenvalue weighted by Gasteiger charge is -2.40. The molecule has 2 heteroatoms. The molecule has 0 N–H and O–H groups in total. The minimum atomic E-state index is -0.260. The number of ketones is 1. The highest BCUT2D eigenvalue weighted by atomic mass is 16.1. The Labute approximate surface area is 104 Å². The van der Waals surface area contributed by atoms with Gasteiger partial charge in [0.1, 0.15) is 5.54 Å². The minimum absolute atomic E-state index is 0.116. The Balaban J connectivity index is 2.33. The topological polar surface area (TPSA) is 22.0 Å². The van der Waals surface area contributed by atoms with Crippen LogP contribution in [0.1, 0.15) is 46.5 Å². The molecule has 0 radical (unpaired) electrons. The van der Waals surface area contributed by atoms with Gasteiger partial charge in [0.05, 0.1) is 0 Å². The number of rotatable bonds is 3. The van der Waals surface area contributed by atoms with E-state index < -0.39 is 0 Å². The van der Waals surface area contributed by atoms with Gasteiger partial charge in [-0.3, -0.25) is 4.79 Å². The first-order chi connectivity index (χ1) is 8.06. The molecule has 1 aromatic rings. The Morgan fingerprint density at radius 1 is 1.24 bits per heavy atom. The molecule has 0 aliphatic heterocycles. The lowest BCUT2D eigenvalue weighted by Crippen LogP contribution is -2.46. The van der Waals surface area contributed by atoms with Crippen molar-refractivity contribution < 1.29 is 4.79 Å². The van der Waals surface area contributed by atoms with Crippen molar-refractivity contribution in [1.82, 2.24) is 4.57 Å². The number of carbonyl (C=O) groups excluding carboxylic acids is 1. The van der Waals surface area contributed by atoms with Crippen LogP contribution in [0.15, 0.2) is 24.5 Å². The largest absolute Gasteiger partial charge is 0.341 e. The molecule has 1 heterocycles. The summed E-state index contributed by atoms with van der Waals surface area (Å²) in [7, 11) is 0. The fourth-order valence-electron chi connectivity index (χ4n) is 3.03. The van der Waals surface area contributed by atoms with E-state index in [0.29, 0.717) is 5.78 Å². The molecule has 0 aromatic carbocycles. The van der Waals surface area contributed by atoms with Gasteiger partial charge in [0, 0.05) is 18.3 Å². The molecule has 1 fully saturated rings. The second-order valence-corrected chi connectivity index (χ2v) is 5.82. The van der Waals surface area contributed by atoms with Gasteiger partial charge in [0.25, 0.3) is 0 Å². The van der Waals surface area contributed by atoms with E-state index in [2.05, 4.69) is 23.9 Å². The van der Waals surface area contributed by atoms with Gasteiger partial charge in [0.2, 0.25) is 0 Å². The summed E-state index contributed by atoms with van der Waals surface area (Å²) in [6.07, 6.45) is 8.43. The zero-order valence-electron chi connectivity index (χ0n) is 11.1. The zero-order chi connectivity index (χ0) is 12.5. The van der Waals surface area contributed by atoms with Crippen LogP contribution in [0.4, 0.5) is 0 Å². The number of hydrogen-bond donors (Lipinski definition) is 0. The van der Waals surface area contributed by atoms with Gasteiger partial charge in [-0.15, -0.1) is 0 Å². The maximum atomic E-state index is 12.6. The van der Waals surface area contributed by atoms with E-state index in [4.69, 9.17) is 0 Å². The zero-order valence-corrected chi connectivity index (χ0v) is 11.1. The van der Waals surface area contributed by atoms with Crippen molar-refractivity contribution in [3.8, 4) is 0 Å². The van der Waals surface area contributed by atoms with Gasteiger partial charge in [-0.05, 0) is 43.7 Å². The number of aromatic nitrogens is 1. The van der Waals surface area contributed by atoms with E-state index in [0.717, 1.165) is 31.6 Å². The SMILES string of the molecule is CC(C)C(=O)[C@]1(n2cccc2)CC[C@H](C)CC1. The average molecular weight is 233 g/mol. The summed E-state index contributed by atoms with van der Waals surface area (Å²) in [5.74, 6) is 1.28. The van der Waals surface area contributed by atoms with Crippen LogP contribution in [0, 0.1) is 11.8 Å². The first kappa shape index (κ1) is 12.4. The highest BCUT2D eigenvalue weighted by Gasteiger charge is 2.42. The first-order valence-corrected chi connectivity index (χ1v) is 6.74. The third-order valence-corrected chi connectivity index (χ3v) is 4.18. The van der Waals surface area contributed by atoms with E-state index in [-0.39, 0.29) is 11.5 Å². The van der Waals surface area contributed by atoms with Crippen LogP contribution in [0.25, 0.3) is 0 Å². The number of nitrogens with zero attached hydrogens (tertiary/aromatic N) is 1. The van der Waals surface area contributed by atoms with Crippen molar-refractivity contribution in [2.75, 3.05) is 0 Å². The molecule has 1 aromatic heterocycles. The van der Waals surface area contributed by atoms with E-state index in [9.17, 15) is 4.79 Å². The molecule has 17 heavy (non-hydrogen) atoms. The maximum Gasteiger partial charge on any atom is 0.161 e. The van der Waals surface area contributed by atoms with E-state index in [1.54, 1.807) is 0 Å². The monoisotopic (exact) mass is 233 g/mol. The predicted octanol–water partition coefficient (Wildman–Crippen LogP) is 3.62. The number of Topliss-reactive ketones (excluding diaryl/α,β-unsaturated/α-hetero) is 1. The Morgan fingerprint density at radius 2 is 1.76 bits per heavy atom. The summed E-state index contributed by atoms with van der Waals surface area (Å²) in [4.78, 5) is 12.6. The van der Waals surface area contributed by atoms with Crippen molar-refractivity contribution in [3.05, 3.63) is 24.5 Å². The van der Waals surface area contributed by atoms with Crippen LogP contribution in [0.2, 0.25) is 0 Å². The minimum Gasteiger partial charge on any atom is -0.341 e. The Hall–Kier alpha value is -1.05. The molecule has 94 valence electrons. The highest BCUT2D eigenvalue weighted by Crippen LogP contribution is 2.39. The van der Waals surface area contributed by atoms with Crippen LogP contribution in [0.5, 0.6) is 0 Å². The van der Waals surface area contributed by atoms with Gasteiger partial charge < -0.3 is 4.57 Å². The molecule has 0 bridgehead atoms. The molecule has 0 unspecified atom stereocenters. The summed E-state index contributed by atoms with van der Waals surface area (Å²) >= 11 is 0. The van der Waals surface area contributed by atoms with Crippen LogP contribution in [0.3, 0.4) is 0 Å². The van der Waals surface area contributed by atoms with Crippen molar-refractivity contribution in [2.45, 2.75) is 52.0 Å². The molecule has 1 aliphatic rings. The van der Waals surface area contributed by atoms with Gasteiger partial charge in [0.15, 0.2) is 5.78 Å². The first-order valence-electron chi connectivity index (χ1n) is 6.74. The fraction of sp³-hybridized carbons (Fsp3) is 0.667. The fourth-order valence-corrected chi connectivity index (χ4v) is 3.03. The second kappa shape index (κ2) is 4.67. The van der Waals surface area contributed by atoms with Gasteiger partial charge in [-0.2, -0.15) is 0 Å². The molecule has 2 nitrogen and oxygen atoms in total. The standard InChI is InChI=1S/C15H23NO/c1-12(2)14(17)15(16-10-4-5-11-16)8-6-13(3)7-9-15/h4-5,10-13H,6-9H2,1-3H3/t13-,15-. The number of carbonyl (C=O) groups is 1. The van der Waals surface area contributed by atoms with E-state index >= 15 is 0 Å². The molecule has 0 spiro atoms. The highest BCUT2D eigenvalue weighted by molar-refractivity contribution is 5.88. The summed E-state index contributed by atoms with van der Waals surface area (Å²) in [6, 6.07) is 4.04. The van der Waals surface area contributed by atoms with Crippen molar-refractivity contribution >= 4 is 5.78 Å². The lowest BCUT2D eigenvalue weighted by molar-refractivity contribution is -0.133. The Morgan fingerprint density at radius 3 is 2.24 bits per heavy atom. The summed E-state index contributed by atoms with van der Waals surface area (Å²) in [5.41, 5.74) is -0.260.